The molecule has 0 aliphatic heterocycles. The van der Waals surface area contributed by atoms with Crippen molar-refractivity contribution in [3.05, 3.63) is 89.1 Å². The number of aromatic nitrogens is 2. The number of benzene rings is 2. The Labute approximate surface area is 235 Å². The fraction of sp³-hybridized carbons (Fsp3) is 0.303. The third-order valence-corrected chi connectivity index (χ3v) is 7.64. The van der Waals surface area contributed by atoms with Crippen molar-refractivity contribution in [1.82, 2.24) is 14.7 Å². The summed E-state index contributed by atoms with van der Waals surface area (Å²) < 4.78 is 7.65. The summed E-state index contributed by atoms with van der Waals surface area (Å²) in [5.41, 5.74) is 13.1. The second-order valence-electron chi connectivity index (χ2n) is 11.6. The molecular formula is C33H36N4O3. The maximum Gasteiger partial charge on any atom is 0.408 e. The van der Waals surface area contributed by atoms with Gasteiger partial charge in [-0.05, 0) is 82.2 Å². The molecule has 7 heteroatoms. The molecule has 2 heterocycles. The Balaban J connectivity index is 1.59. The van der Waals surface area contributed by atoms with E-state index in [0.29, 0.717) is 0 Å². The normalized spacial score (nSPS) is 14.7. The molecule has 0 atom stereocenters. The number of pyridine rings is 1. The van der Waals surface area contributed by atoms with Crippen LogP contribution in [0.2, 0.25) is 0 Å². The molecule has 2 aromatic heterocycles. The number of nitrogens with one attached hydrogen (secondary N) is 1. The number of carbonyl (C=O) groups excluding carboxylic acids is 2. The minimum absolute atomic E-state index is 0.393. The maximum atomic E-state index is 12.6. The molecule has 40 heavy (non-hydrogen) atoms. The smallest absolute Gasteiger partial charge is 0.408 e. The van der Waals surface area contributed by atoms with Crippen LogP contribution in [0, 0.1) is 13.8 Å². The number of ether oxygens (including phenoxy) is 1. The number of amides is 2. The summed E-state index contributed by atoms with van der Waals surface area (Å²) in [5.74, 6) is -0.489. The summed E-state index contributed by atoms with van der Waals surface area (Å²) in [4.78, 5) is 29.2. The van der Waals surface area contributed by atoms with Gasteiger partial charge in [-0.15, -0.1) is 0 Å². The van der Waals surface area contributed by atoms with Gasteiger partial charge in [0.1, 0.15) is 11.2 Å². The molecule has 0 spiro atoms. The van der Waals surface area contributed by atoms with E-state index < -0.39 is 23.1 Å². The topological polar surface area (TPSA) is 98.7 Å². The molecule has 1 aliphatic rings. The lowest BCUT2D eigenvalue weighted by atomic mass is 9.71. The number of primary amides is 1. The zero-order chi connectivity index (χ0) is 28.7. The first kappa shape index (κ1) is 27.2. The van der Waals surface area contributed by atoms with Crippen molar-refractivity contribution in [3.63, 3.8) is 0 Å². The van der Waals surface area contributed by atoms with E-state index in [2.05, 4.69) is 46.1 Å². The van der Waals surface area contributed by atoms with Gasteiger partial charge < -0.3 is 15.8 Å². The highest BCUT2D eigenvalue weighted by molar-refractivity contribution is 5.91. The number of aryl methyl sites for hydroxylation is 1. The summed E-state index contributed by atoms with van der Waals surface area (Å²) in [6, 6.07) is 18.5. The third kappa shape index (κ3) is 5.24. The SMILES string of the molecule is Cc1c(C=CC(N)=O)cn2c(-c3ccccc3)c(-c3ccc(C4(NC(=O)OC(C)(C)C)CCC4)cc3)nc2c1C. The average molecular weight is 537 g/mol. The number of hydrogen-bond acceptors (Lipinski definition) is 4. The molecular weight excluding hydrogens is 500 g/mol. The Morgan fingerprint density at radius 1 is 1.00 bits per heavy atom. The molecule has 1 aliphatic carbocycles. The number of carbonyl (C=O) groups is 2. The van der Waals surface area contributed by atoms with E-state index in [9.17, 15) is 9.59 Å². The molecule has 2 amide bonds. The third-order valence-electron chi connectivity index (χ3n) is 7.64. The first-order valence-electron chi connectivity index (χ1n) is 13.6. The second kappa shape index (κ2) is 10.3. The molecule has 0 bridgehead atoms. The maximum absolute atomic E-state index is 12.6. The Morgan fingerprint density at radius 2 is 1.68 bits per heavy atom. The van der Waals surface area contributed by atoms with E-state index in [0.717, 1.165) is 69.7 Å². The monoisotopic (exact) mass is 536 g/mol. The average Bonchev–Trinajstić information content (AvgIpc) is 3.26. The van der Waals surface area contributed by atoms with Gasteiger partial charge in [-0.2, -0.15) is 0 Å². The largest absolute Gasteiger partial charge is 0.444 e. The number of fused-ring (bicyclic) bond motifs is 1. The first-order valence-corrected chi connectivity index (χ1v) is 13.6. The van der Waals surface area contributed by atoms with E-state index in [-0.39, 0.29) is 0 Å². The lowest BCUT2D eigenvalue weighted by Crippen LogP contribution is -2.52. The van der Waals surface area contributed by atoms with E-state index in [1.807, 2.05) is 59.0 Å². The zero-order valence-corrected chi connectivity index (χ0v) is 23.7. The summed E-state index contributed by atoms with van der Waals surface area (Å²) in [6.07, 6.45) is 7.54. The summed E-state index contributed by atoms with van der Waals surface area (Å²) in [6.45, 7) is 9.68. The van der Waals surface area contributed by atoms with Crippen LogP contribution in [0.5, 0.6) is 0 Å². The highest BCUT2D eigenvalue weighted by atomic mass is 16.6. The molecule has 3 N–H and O–H groups in total. The lowest BCUT2D eigenvalue weighted by Gasteiger charge is -2.43. The number of nitrogens with zero attached hydrogens (tertiary/aromatic N) is 2. The quantitative estimate of drug-likeness (QED) is 0.268. The van der Waals surface area contributed by atoms with Gasteiger partial charge in [0.15, 0.2) is 0 Å². The molecule has 7 nitrogen and oxygen atoms in total. The van der Waals surface area contributed by atoms with Crippen LogP contribution in [-0.4, -0.2) is 27.0 Å². The Kier molecular flexibility index (Phi) is 7.00. The summed E-state index contributed by atoms with van der Waals surface area (Å²) in [7, 11) is 0. The van der Waals surface area contributed by atoms with Crippen LogP contribution in [0.1, 0.15) is 62.3 Å². The van der Waals surface area contributed by atoms with Gasteiger partial charge in [-0.25, -0.2) is 9.78 Å². The van der Waals surface area contributed by atoms with Gasteiger partial charge >= 0.3 is 6.09 Å². The van der Waals surface area contributed by atoms with Gasteiger partial charge in [0, 0.05) is 23.4 Å². The highest BCUT2D eigenvalue weighted by Crippen LogP contribution is 2.43. The van der Waals surface area contributed by atoms with Crippen molar-refractivity contribution in [2.24, 2.45) is 5.73 Å². The predicted octanol–water partition coefficient (Wildman–Crippen LogP) is 6.69. The number of imidazole rings is 1. The van der Waals surface area contributed by atoms with Crippen molar-refractivity contribution >= 4 is 23.7 Å². The van der Waals surface area contributed by atoms with Crippen molar-refractivity contribution < 1.29 is 14.3 Å². The van der Waals surface area contributed by atoms with Crippen LogP contribution in [0.15, 0.2) is 66.9 Å². The van der Waals surface area contributed by atoms with E-state index in [1.54, 1.807) is 6.08 Å². The number of alkyl carbamates (subject to hydrolysis) is 1. The van der Waals surface area contributed by atoms with Crippen molar-refractivity contribution in [2.45, 2.75) is 65.0 Å². The zero-order valence-electron chi connectivity index (χ0n) is 23.7. The number of hydrogen-bond donors (Lipinski definition) is 2. The molecule has 5 rings (SSSR count). The Morgan fingerprint density at radius 3 is 2.25 bits per heavy atom. The molecule has 1 fully saturated rings. The van der Waals surface area contributed by atoms with Crippen LogP contribution in [0.3, 0.4) is 0 Å². The summed E-state index contributed by atoms with van der Waals surface area (Å²) in [5, 5.41) is 3.14. The number of nitrogens with two attached hydrogens (primary N) is 1. The predicted molar refractivity (Wildman–Crippen MR) is 159 cm³/mol. The van der Waals surface area contributed by atoms with Gasteiger partial charge in [0.05, 0.1) is 16.9 Å². The molecule has 4 aromatic rings. The second-order valence-corrected chi connectivity index (χ2v) is 11.6. The summed E-state index contributed by atoms with van der Waals surface area (Å²) >= 11 is 0. The van der Waals surface area contributed by atoms with Gasteiger partial charge in [-0.3, -0.25) is 9.20 Å². The van der Waals surface area contributed by atoms with E-state index in [1.165, 1.54) is 6.08 Å². The molecule has 2 aromatic carbocycles. The standard InChI is InChI=1S/C33H36N4O3/c1-21-22(2)30-35-28(29(24-10-7-6-8-11-24)37(30)20-25(21)14-17-27(34)38)23-12-15-26(16-13-23)33(18-9-19-33)36-31(39)40-32(3,4)5/h6-8,10-17,20H,9,18-19H2,1-5H3,(H2,34,38)(H,36,39). The fourth-order valence-electron chi connectivity index (χ4n) is 5.32. The van der Waals surface area contributed by atoms with Gasteiger partial charge in [0.25, 0.3) is 0 Å². The minimum atomic E-state index is -0.554. The molecule has 0 unspecified atom stereocenters. The minimum Gasteiger partial charge on any atom is -0.444 e. The van der Waals surface area contributed by atoms with Crippen LogP contribution in [-0.2, 0) is 15.1 Å². The molecule has 0 radical (unpaired) electrons. The van der Waals surface area contributed by atoms with Crippen molar-refractivity contribution in [3.8, 4) is 22.5 Å². The Hall–Kier alpha value is -4.39. The van der Waals surface area contributed by atoms with Crippen LogP contribution in [0.4, 0.5) is 4.79 Å². The molecule has 1 saturated carbocycles. The Bertz CT molecular complexity index is 1610. The highest BCUT2D eigenvalue weighted by Gasteiger charge is 2.41. The fourth-order valence-corrected chi connectivity index (χ4v) is 5.32. The molecule has 0 saturated heterocycles. The van der Waals surface area contributed by atoms with E-state index >= 15 is 0 Å². The van der Waals surface area contributed by atoms with E-state index in [4.69, 9.17) is 15.5 Å². The van der Waals surface area contributed by atoms with Gasteiger partial charge in [0.2, 0.25) is 5.91 Å². The van der Waals surface area contributed by atoms with Gasteiger partial charge in [-0.1, -0.05) is 54.6 Å². The van der Waals surface area contributed by atoms with Crippen LogP contribution in [0.25, 0.3) is 34.2 Å². The van der Waals surface area contributed by atoms with Crippen LogP contribution >= 0.6 is 0 Å². The number of rotatable bonds is 6. The van der Waals surface area contributed by atoms with Crippen molar-refractivity contribution in [1.29, 1.82) is 0 Å². The first-order chi connectivity index (χ1) is 19.0. The lowest BCUT2D eigenvalue weighted by molar-refractivity contribution is -0.113. The molecule has 206 valence electrons. The van der Waals surface area contributed by atoms with Crippen molar-refractivity contribution in [2.75, 3.05) is 0 Å². The van der Waals surface area contributed by atoms with Crippen LogP contribution < -0.4 is 11.1 Å².